The molecule has 1 aromatic carbocycles. The van der Waals surface area contributed by atoms with Gasteiger partial charge in [0.2, 0.25) is 5.28 Å². The number of nitrogens with zero attached hydrogens (tertiary/aromatic N) is 3. The molecule has 1 aliphatic rings. The second-order valence-electron chi connectivity index (χ2n) is 5.87. The Hall–Kier alpha value is -2.25. The Morgan fingerprint density at radius 3 is 2.96 bits per heavy atom. The van der Waals surface area contributed by atoms with Crippen molar-refractivity contribution in [1.82, 2.24) is 20.2 Å². The number of hydrogen-bond acceptors (Lipinski definition) is 5. The second-order valence-corrected chi connectivity index (χ2v) is 7.26. The van der Waals surface area contributed by atoms with Gasteiger partial charge in [0.25, 0.3) is 0 Å². The average Bonchev–Trinajstić information content (AvgIpc) is 3.20. The molecule has 0 bridgehead atoms. The summed E-state index contributed by atoms with van der Waals surface area (Å²) in [4.78, 5) is 8.57. The van der Waals surface area contributed by atoms with E-state index in [2.05, 4.69) is 25.5 Å². The molecule has 4 aromatic rings. The van der Waals surface area contributed by atoms with E-state index in [-0.39, 0.29) is 11.1 Å². The first kappa shape index (κ1) is 14.1. The fourth-order valence-corrected chi connectivity index (χ4v) is 4.04. The third-order valence-electron chi connectivity index (χ3n) is 4.11. The minimum atomic E-state index is -0.298. The van der Waals surface area contributed by atoms with E-state index < -0.39 is 0 Å². The Morgan fingerprint density at radius 1 is 1.25 bits per heavy atom. The number of halogens is 2. The van der Waals surface area contributed by atoms with Gasteiger partial charge in [0.1, 0.15) is 5.82 Å². The summed E-state index contributed by atoms with van der Waals surface area (Å²) in [6, 6.07) is 6.65. The molecule has 120 valence electrons. The number of benzene rings is 1. The van der Waals surface area contributed by atoms with E-state index in [9.17, 15) is 4.39 Å². The van der Waals surface area contributed by atoms with Gasteiger partial charge >= 0.3 is 0 Å². The van der Waals surface area contributed by atoms with Crippen LogP contribution in [0, 0.1) is 5.82 Å². The number of anilines is 2. The second kappa shape index (κ2) is 5.12. The van der Waals surface area contributed by atoms with Crippen LogP contribution in [0.2, 0.25) is 5.28 Å². The maximum absolute atomic E-state index is 13.6. The number of rotatable bonds is 3. The summed E-state index contributed by atoms with van der Waals surface area (Å²) in [5, 5.41) is 11.4. The smallest absolute Gasteiger partial charge is 0.225 e. The average molecular weight is 360 g/mol. The van der Waals surface area contributed by atoms with Crippen molar-refractivity contribution in [3.05, 3.63) is 41.1 Å². The van der Waals surface area contributed by atoms with Crippen LogP contribution in [0.1, 0.15) is 24.5 Å². The third kappa shape index (κ3) is 2.32. The molecule has 0 amide bonds. The molecular formula is C16H11ClFN5S. The molecule has 3 heterocycles. The van der Waals surface area contributed by atoms with Gasteiger partial charge in [-0.2, -0.15) is 10.1 Å². The van der Waals surface area contributed by atoms with Crippen LogP contribution in [0.25, 0.3) is 20.3 Å². The summed E-state index contributed by atoms with van der Waals surface area (Å²) in [5.41, 5.74) is 1.78. The number of aromatic amines is 1. The third-order valence-corrected chi connectivity index (χ3v) is 5.44. The lowest BCUT2D eigenvalue weighted by Crippen LogP contribution is -1.96. The molecule has 0 atom stereocenters. The van der Waals surface area contributed by atoms with Crippen LogP contribution in [0.4, 0.5) is 16.0 Å². The maximum Gasteiger partial charge on any atom is 0.225 e. The molecule has 24 heavy (non-hydrogen) atoms. The zero-order valence-corrected chi connectivity index (χ0v) is 13.9. The fourth-order valence-electron chi connectivity index (χ4n) is 2.80. The number of hydrogen-bond donors (Lipinski definition) is 2. The molecule has 2 N–H and O–H groups in total. The lowest BCUT2D eigenvalue weighted by Gasteiger charge is -2.03. The van der Waals surface area contributed by atoms with E-state index in [4.69, 9.17) is 11.6 Å². The highest BCUT2D eigenvalue weighted by Gasteiger charge is 2.25. The Labute approximate surface area is 144 Å². The normalized spacial score (nSPS) is 14.6. The molecule has 0 radical (unpaired) electrons. The van der Waals surface area contributed by atoms with E-state index in [0.717, 1.165) is 20.5 Å². The van der Waals surface area contributed by atoms with Crippen LogP contribution in [0.15, 0.2) is 24.3 Å². The summed E-state index contributed by atoms with van der Waals surface area (Å²) < 4.78 is 15.3. The maximum atomic E-state index is 13.6. The van der Waals surface area contributed by atoms with Crippen molar-refractivity contribution in [1.29, 1.82) is 0 Å². The van der Waals surface area contributed by atoms with Crippen LogP contribution < -0.4 is 5.32 Å². The Kier molecular flexibility index (Phi) is 3.01. The number of nitrogens with one attached hydrogen (secondary N) is 2. The SMILES string of the molecule is Fc1ccc2sc3c(Nc4cc(C5CC5)[nH]n4)nc(Cl)nc3c2c1. The Balaban J connectivity index is 1.64. The van der Waals surface area contributed by atoms with Crippen LogP contribution >= 0.6 is 22.9 Å². The molecule has 8 heteroatoms. The van der Waals surface area contributed by atoms with Crippen molar-refractivity contribution in [3.63, 3.8) is 0 Å². The van der Waals surface area contributed by atoms with Crippen LogP contribution in [0.3, 0.4) is 0 Å². The molecule has 0 spiro atoms. The van der Waals surface area contributed by atoms with E-state index in [1.807, 2.05) is 6.07 Å². The Bertz CT molecular complexity index is 1080. The molecule has 1 fully saturated rings. The zero-order valence-electron chi connectivity index (χ0n) is 12.3. The first-order valence-corrected chi connectivity index (χ1v) is 8.74. The van der Waals surface area contributed by atoms with Gasteiger partial charge in [-0.1, -0.05) is 0 Å². The van der Waals surface area contributed by atoms with Gasteiger partial charge in [0.15, 0.2) is 11.6 Å². The van der Waals surface area contributed by atoms with E-state index in [0.29, 0.717) is 23.1 Å². The van der Waals surface area contributed by atoms with Crippen LogP contribution in [-0.4, -0.2) is 20.2 Å². The molecule has 5 nitrogen and oxygen atoms in total. The largest absolute Gasteiger partial charge is 0.322 e. The number of thiophene rings is 1. The van der Waals surface area contributed by atoms with Crippen molar-refractivity contribution in [2.24, 2.45) is 0 Å². The van der Waals surface area contributed by atoms with Gasteiger partial charge < -0.3 is 5.32 Å². The fraction of sp³-hybridized carbons (Fsp3) is 0.188. The molecule has 1 saturated carbocycles. The number of aromatic nitrogens is 4. The van der Waals surface area contributed by atoms with Gasteiger partial charge in [-0.25, -0.2) is 9.37 Å². The number of H-pyrrole nitrogens is 1. The molecule has 0 saturated heterocycles. The van der Waals surface area contributed by atoms with Gasteiger partial charge in [-0.05, 0) is 42.6 Å². The first-order chi connectivity index (χ1) is 11.7. The highest BCUT2D eigenvalue weighted by molar-refractivity contribution is 7.26. The van der Waals surface area contributed by atoms with E-state index >= 15 is 0 Å². The molecule has 3 aromatic heterocycles. The lowest BCUT2D eigenvalue weighted by molar-refractivity contribution is 0.630. The minimum absolute atomic E-state index is 0.118. The summed E-state index contributed by atoms with van der Waals surface area (Å²) in [6.45, 7) is 0. The summed E-state index contributed by atoms with van der Waals surface area (Å²) in [5.74, 6) is 1.57. The monoisotopic (exact) mass is 359 g/mol. The van der Waals surface area contributed by atoms with Crippen molar-refractivity contribution >= 4 is 54.9 Å². The van der Waals surface area contributed by atoms with Crippen LogP contribution in [0.5, 0.6) is 0 Å². The topological polar surface area (TPSA) is 66.5 Å². The highest BCUT2D eigenvalue weighted by atomic mass is 35.5. The molecule has 0 unspecified atom stereocenters. The van der Waals surface area contributed by atoms with Gasteiger partial charge in [-0.15, -0.1) is 11.3 Å². The van der Waals surface area contributed by atoms with Crippen molar-refractivity contribution < 1.29 is 4.39 Å². The predicted molar refractivity (Wildman–Crippen MR) is 93.7 cm³/mol. The van der Waals surface area contributed by atoms with E-state index in [1.54, 1.807) is 6.07 Å². The molecular weight excluding hydrogens is 349 g/mol. The van der Waals surface area contributed by atoms with Gasteiger partial charge in [-0.3, -0.25) is 5.10 Å². The van der Waals surface area contributed by atoms with E-state index in [1.165, 1.54) is 36.3 Å². The number of fused-ring (bicyclic) bond motifs is 3. The minimum Gasteiger partial charge on any atom is -0.322 e. The highest BCUT2D eigenvalue weighted by Crippen LogP contribution is 2.41. The summed E-state index contributed by atoms with van der Waals surface area (Å²) in [7, 11) is 0. The standard InChI is InChI=1S/C16H11ClFN5S/c17-16-20-13-9-5-8(18)3-4-11(9)24-14(13)15(21-16)19-12-6-10(22-23-12)7-1-2-7/h3-7H,1-2H2,(H2,19,20,21,22,23). The van der Waals surface area contributed by atoms with Crippen molar-refractivity contribution in [3.8, 4) is 0 Å². The molecule has 5 rings (SSSR count). The summed E-state index contributed by atoms with van der Waals surface area (Å²) in [6.07, 6.45) is 2.40. The first-order valence-electron chi connectivity index (χ1n) is 7.55. The van der Waals surface area contributed by atoms with Crippen molar-refractivity contribution in [2.45, 2.75) is 18.8 Å². The Morgan fingerprint density at radius 2 is 2.12 bits per heavy atom. The van der Waals surface area contributed by atoms with Crippen LogP contribution in [-0.2, 0) is 0 Å². The van der Waals surface area contributed by atoms with Gasteiger partial charge in [0.05, 0.1) is 10.2 Å². The predicted octanol–water partition coefficient (Wildman–Crippen LogP) is 4.98. The lowest BCUT2D eigenvalue weighted by atomic mass is 10.2. The summed E-state index contributed by atoms with van der Waals surface area (Å²) >= 11 is 7.57. The zero-order chi connectivity index (χ0) is 16.3. The molecule has 1 aliphatic carbocycles. The molecule has 0 aliphatic heterocycles. The van der Waals surface area contributed by atoms with Crippen molar-refractivity contribution in [2.75, 3.05) is 5.32 Å². The van der Waals surface area contributed by atoms with Gasteiger partial charge in [0, 0.05) is 27.8 Å². The quantitative estimate of drug-likeness (QED) is 0.506.